The summed E-state index contributed by atoms with van der Waals surface area (Å²) < 4.78 is 9.61. The highest BCUT2D eigenvalue weighted by Crippen LogP contribution is 2.35. The number of benzene rings is 3. The van der Waals surface area contributed by atoms with Crippen LogP contribution in [0.3, 0.4) is 0 Å². The summed E-state index contributed by atoms with van der Waals surface area (Å²) in [4.78, 5) is 44.5. The van der Waals surface area contributed by atoms with Crippen LogP contribution in [0.4, 0.5) is 0 Å². The molecule has 3 heterocycles. The molecular weight excluding hydrogens is 574 g/mol. The minimum Gasteiger partial charge on any atom is -0.478 e. The SMILES string of the molecule is CCOC(=O)C1=C(c2ccccc2)N=c2s/c(=C/c3cc(C)n(-c4ccc(C(=O)O)cc4)c3C)c(=O)n2[C@H]1c1ccccc1. The Morgan fingerprint density at radius 1 is 0.977 bits per heavy atom. The molecule has 0 amide bonds. The molecule has 8 nitrogen and oxygen atoms in total. The lowest BCUT2D eigenvalue weighted by molar-refractivity contribution is -0.138. The van der Waals surface area contributed by atoms with Gasteiger partial charge in [0.05, 0.1) is 34.0 Å². The van der Waals surface area contributed by atoms with E-state index in [9.17, 15) is 19.5 Å². The van der Waals surface area contributed by atoms with Crippen molar-refractivity contribution in [2.24, 2.45) is 4.99 Å². The fourth-order valence-electron chi connectivity index (χ4n) is 5.62. The third-order valence-electron chi connectivity index (χ3n) is 7.62. The van der Waals surface area contributed by atoms with Crippen LogP contribution in [-0.2, 0) is 9.53 Å². The fraction of sp³-hybridized carbons (Fsp3) is 0.143. The van der Waals surface area contributed by atoms with Gasteiger partial charge in [-0.1, -0.05) is 72.0 Å². The molecule has 0 radical (unpaired) electrons. The van der Waals surface area contributed by atoms with Crippen LogP contribution >= 0.6 is 11.3 Å². The van der Waals surface area contributed by atoms with E-state index >= 15 is 0 Å². The van der Waals surface area contributed by atoms with Gasteiger partial charge < -0.3 is 14.4 Å². The zero-order chi connectivity index (χ0) is 31.0. The molecule has 9 heteroatoms. The zero-order valence-electron chi connectivity index (χ0n) is 24.4. The number of ether oxygens (including phenoxy) is 1. The average Bonchev–Trinajstić information content (AvgIpc) is 3.50. The van der Waals surface area contributed by atoms with E-state index in [1.54, 1.807) is 35.8 Å². The lowest BCUT2D eigenvalue weighted by Gasteiger charge is -2.25. The summed E-state index contributed by atoms with van der Waals surface area (Å²) in [6, 6.07) is 26.9. The molecule has 0 fully saturated rings. The van der Waals surface area contributed by atoms with Crippen LogP contribution in [0.15, 0.2) is 106 Å². The molecule has 220 valence electrons. The monoisotopic (exact) mass is 603 g/mol. The van der Waals surface area contributed by atoms with E-state index < -0.39 is 18.0 Å². The maximum Gasteiger partial charge on any atom is 0.338 e. The van der Waals surface area contributed by atoms with Crippen molar-refractivity contribution in [1.82, 2.24) is 9.13 Å². The molecule has 1 aliphatic rings. The van der Waals surface area contributed by atoms with Gasteiger partial charge in [-0.25, -0.2) is 14.6 Å². The number of hydrogen-bond acceptors (Lipinski definition) is 6. The van der Waals surface area contributed by atoms with Crippen molar-refractivity contribution in [2.75, 3.05) is 6.61 Å². The van der Waals surface area contributed by atoms with Crippen LogP contribution in [0.1, 0.15) is 51.4 Å². The molecule has 0 aliphatic carbocycles. The molecule has 3 aromatic carbocycles. The van der Waals surface area contributed by atoms with Gasteiger partial charge in [-0.2, -0.15) is 0 Å². The molecule has 0 saturated heterocycles. The van der Waals surface area contributed by atoms with Crippen LogP contribution in [0.25, 0.3) is 17.5 Å². The quantitative estimate of drug-likeness (QED) is 0.263. The maximum atomic E-state index is 14.2. The second-order valence-corrected chi connectivity index (χ2v) is 11.4. The lowest BCUT2D eigenvalue weighted by Crippen LogP contribution is -2.40. The Morgan fingerprint density at radius 3 is 2.27 bits per heavy atom. The first-order valence-electron chi connectivity index (χ1n) is 14.1. The third-order valence-corrected chi connectivity index (χ3v) is 8.60. The first-order chi connectivity index (χ1) is 21.3. The summed E-state index contributed by atoms with van der Waals surface area (Å²) in [5.41, 5.74) is 5.77. The number of aromatic nitrogens is 2. The Morgan fingerprint density at radius 2 is 1.64 bits per heavy atom. The van der Waals surface area contributed by atoms with Gasteiger partial charge in [0.15, 0.2) is 4.80 Å². The number of carbonyl (C=O) groups is 2. The standard InChI is InChI=1S/C35H29N3O5S/c1-4-43-34(42)29-30(23-11-7-5-8-12-23)36-35-38(31(29)24-13-9-6-10-14-24)32(39)28(44-35)20-26-19-21(2)37(22(26)3)27-17-15-25(16-18-27)33(40)41/h5-20,31H,4H2,1-3H3,(H,40,41)/b28-20+/t31-/m0/s1. The number of esters is 1. The van der Waals surface area contributed by atoms with E-state index in [0.717, 1.165) is 33.8 Å². The summed E-state index contributed by atoms with van der Waals surface area (Å²) in [6.07, 6.45) is 1.85. The van der Waals surface area contributed by atoms with Gasteiger partial charge in [0.1, 0.15) is 0 Å². The van der Waals surface area contributed by atoms with Crippen molar-refractivity contribution in [2.45, 2.75) is 26.8 Å². The highest BCUT2D eigenvalue weighted by molar-refractivity contribution is 7.07. The first-order valence-corrected chi connectivity index (χ1v) is 15.0. The second kappa shape index (κ2) is 11.8. The van der Waals surface area contributed by atoms with E-state index in [1.165, 1.54) is 11.3 Å². The molecule has 0 saturated carbocycles. The van der Waals surface area contributed by atoms with Gasteiger partial charge in [0, 0.05) is 22.6 Å². The summed E-state index contributed by atoms with van der Waals surface area (Å²) in [5.74, 6) is -1.50. The van der Waals surface area contributed by atoms with Gasteiger partial charge in [-0.05, 0) is 68.3 Å². The average molecular weight is 604 g/mol. The van der Waals surface area contributed by atoms with Crippen molar-refractivity contribution < 1.29 is 19.4 Å². The van der Waals surface area contributed by atoms with Gasteiger partial charge in [0.2, 0.25) is 0 Å². The van der Waals surface area contributed by atoms with E-state index in [0.29, 0.717) is 20.6 Å². The summed E-state index contributed by atoms with van der Waals surface area (Å²) in [5, 5.41) is 9.29. The summed E-state index contributed by atoms with van der Waals surface area (Å²) in [6.45, 7) is 5.86. The second-order valence-electron chi connectivity index (χ2n) is 10.4. The Bertz CT molecular complexity index is 2100. The van der Waals surface area contributed by atoms with Crippen molar-refractivity contribution >= 4 is 35.0 Å². The zero-order valence-corrected chi connectivity index (χ0v) is 25.2. The van der Waals surface area contributed by atoms with Gasteiger partial charge >= 0.3 is 11.9 Å². The van der Waals surface area contributed by atoms with Crippen LogP contribution in [-0.4, -0.2) is 32.8 Å². The Kier molecular flexibility index (Phi) is 7.71. The van der Waals surface area contributed by atoms with E-state index in [2.05, 4.69) is 0 Å². The molecule has 0 bridgehead atoms. The molecule has 2 aromatic heterocycles. The van der Waals surface area contributed by atoms with Crippen LogP contribution < -0.4 is 14.9 Å². The molecule has 1 N–H and O–H groups in total. The van der Waals surface area contributed by atoms with Crippen molar-refractivity contribution in [3.63, 3.8) is 0 Å². The number of rotatable bonds is 7. The van der Waals surface area contributed by atoms with Crippen LogP contribution in [0.2, 0.25) is 0 Å². The molecule has 6 rings (SSSR count). The molecule has 0 spiro atoms. The van der Waals surface area contributed by atoms with Gasteiger partial charge in [-0.15, -0.1) is 0 Å². The van der Waals surface area contributed by atoms with E-state index in [1.807, 2.05) is 91.2 Å². The highest BCUT2D eigenvalue weighted by Gasteiger charge is 2.35. The molecule has 1 atom stereocenters. The highest BCUT2D eigenvalue weighted by atomic mass is 32.1. The maximum absolute atomic E-state index is 14.2. The number of hydrogen-bond donors (Lipinski definition) is 1. The minimum absolute atomic E-state index is 0.186. The molecule has 44 heavy (non-hydrogen) atoms. The molecule has 1 aliphatic heterocycles. The van der Waals surface area contributed by atoms with Gasteiger partial charge in [0.25, 0.3) is 5.56 Å². The normalized spacial score (nSPS) is 14.7. The Labute approximate surface area is 257 Å². The summed E-state index contributed by atoms with van der Waals surface area (Å²) in [7, 11) is 0. The number of carbonyl (C=O) groups excluding carboxylic acids is 1. The number of thiazole rings is 1. The molecule has 0 unspecified atom stereocenters. The molecular formula is C35H29N3O5S. The number of aryl methyl sites for hydroxylation is 1. The number of nitrogens with zero attached hydrogens (tertiary/aromatic N) is 3. The van der Waals surface area contributed by atoms with Crippen LogP contribution in [0, 0.1) is 13.8 Å². The number of carboxylic acids is 1. The van der Waals surface area contributed by atoms with E-state index in [4.69, 9.17) is 9.73 Å². The first kappa shape index (κ1) is 28.8. The third kappa shape index (κ3) is 5.11. The predicted molar refractivity (Wildman–Crippen MR) is 170 cm³/mol. The van der Waals surface area contributed by atoms with Crippen molar-refractivity contribution in [3.05, 3.63) is 150 Å². The number of fused-ring (bicyclic) bond motifs is 1. The smallest absolute Gasteiger partial charge is 0.338 e. The Hall–Kier alpha value is -5.28. The molecule has 5 aromatic rings. The van der Waals surface area contributed by atoms with Crippen molar-refractivity contribution in [1.29, 1.82) is 0 Å². The van der Waals surface area contributed by atoms with Gasteiger partial charge in [-0.3, -0.25) is 9.36 Å². The summed E-state index contributed by atoms with van der Waals surface area (Å²) >= 11 is 1.27. The van der Waals surface area contributed by atoms with Crippen LogP contribution in [0.5, 0.6) is 0 Å². The largest absolute Gasteiger partial charge is 0.478 e. The lowest BCUT2D eigenvalue weighted by atomic mass is 9.93. The number of aromatic carboxylic acids is 1. The minimum atomic E-state index is -0.982. The Balaban J connectivity index is 1.56. The predicted octanol–water partition coefficient (Wildman–Crippen LogP) is 5.04. The topological polar surface area (TPSA) is 103 Å². The number of carboxylic acid groups (broad SMARTS) is 1. The fourth-order valence-corrected chi connectivity index (χ4v) is 6.61. The van der Waals surface area contributed by atoms with Crippen molar-refractivity contribution in [3.8, 4) is 5.69 Å². The van der Waals surface area contributed by atoms with E-state index in [-0.39, 0.29) is 17.7 Å².